The van der Waals surface area contributed by atoms with Gasteiger partial charge in [-0.2, -0.15) is 0 Å². The zero-order valence-corrected chi connectivity index (χ0v) is 11.7. The first-order chi connectivity index (χ1) is 9.10. The lowest BCUT2D eigenvalue weighted by Crippen LogP contribution is -2.22. The Morgan fingerprint density at radius 1 is 1.37 bits per heavy atom. The molecular weight excluding hydrogens is 242 g/mol. The number of carbonyl (C=O) groups is 1. The van der Waals surface area contributed by atoms with Crippen LogP contribution in [0.5, 0.6) is 5.75 Å². The van der Waals surface area contributed by atoms with E-state index in [9.17, 15) is 4.79 Å². The fourth-order valence-electron chi connectivity index (χ4n) is 1.88. The van der Waals surface area contributed by atoms with Gasteiger partial charge < -0.3 is 9.84 Å². The summed E-state index contributed by atoms with van der Waals surface area (Å²) in [4.78, 5) is 12.9. The molecule has 0 aliphatic rings. The minimum absolute atomic E-state index is 0.681. The smallest absolute Gasteiger partial charge is 0.328 e. The summed E-state index contributed by atoms with van der Waals surface area (Å²) in [7, 11) is 1.58. The molecule has 0 saturated heterocycles. The number of methoxy groups -OCH3 is 1. The lowest BCUT2D eigenvalue weighted by molar-refractivity contribution is -0.131. The first-order valence-electron chi connectivity index (χ1n) is 6.41. The molecule has 1 N–H and O–H groups in total. The second-order valence-corrected chi connectivity index (χ2v) is 4.21. The standard InChI is InChI=1S/C15H21NO3/c1-4-16(5-2)11-12-6-8-14(19-3)13(10-12)7-9-15(17)18/h6-10H,4-5,11H2,1-3H3,(H,17,18)/b9-7+. The molecule has 4 nitrogen and oxygen atoms in total. The van der Waals surface area contributed by atoms with Gasteiger partial charge in [0, 0.05) is 18.2 Å². The van der Waals surface area contributed by atoms with Crippen LogP contribution < -0.4 is 4.74 Å². The Morgan fingerprint density at radius 3 is 2.58 bits per heavy atom. The predicted octanol–water partition coefficient (Wildman–Crippen LogP) is 2.63. The van der Waals surface area contributed by atoms with E-state index in [0.717, 1.165) is 36.8 Å². The van der Waals surface area contributed by atoms with Gasteiger partial charge in [-0.15, -0.1) is 0 Å². The molecule has 19 heavy (non-hydrogen) atoms. The summed E-state index contributed by atoms with van der Waals surface area (Å²) in [6.07, 6.45) is 2.69. The summed E-state index contributed by atoms with van der Waals surface area (Å²) >= 11 is 0. The highest BCUT2D eigenvalue weighted by Gasteiger charge is 2.05. The van der Waals surface area contributed by atoms with E-state index >= 15 is 0 Å². The van der Waals surface area contributed by atoms with Crippen LogP contribution in [-0.4, -0.2) is 36.2 Å². The van der Waals surface area contributed by atoms with Crippen molar-refractivity contribution in [1.82, 2.24) is 4.90 Å². The lowest BCUT2D eigenvalue weighted by Gasteiger charge is -2.18. The molecule has 0 saturated carbocycles. The van der Waals surface area contributed by atoms with E-state index in [1.807, 2.05) is 18.2 Å². The third kappa shape index (κ3) is 4.75. The van der Waals surface area contributed by atoms with Crippen molar-refractivity contribution >= 4 is 12.0 Å². The highest BCUT2D eigenvalue weighted by molar-refractivity contribution is 5.85. The van der Waals surface area contributed by atoms with Gasteiger partial charge >= 0.3 is 5.97 Å². The molecule has 1 rings (SSSR count). The monoisotopic (exact) mass is 263 g/mol. The number of rotatable bonds is 7. The largest absolute Gasteiger partial charge is 0.496 e. The Bertz CT molecular complexity index is 451. The van der Waals surface area contributed by atoms with Crippen LogP contribution in [0.4, 0.5) is 0 Å². The number of hydrogen-bond acceptors (Lipinski definition) is 3. The van der Waals surface area contributed by atoms with Crippen molar-refractivity contribution in [3.05, 3.63) is 35.4 Å². The summed E-state index contributed by atoms with van der Waals surface area (Å²) < 4.78 is 5.23. The van der Waals surface area contributed by atoms with Crippen molar-refractivity contribution < 1.29 is 14.6 Å². The molecule has 0 bridgehead atoms. The Morgan fingerprint density at radius 2 is 2.05 bits per heavy atom. The van der Waals surface area contributed by atoms with Crippen LogP contribution in [0, 0.1) is 0 Å². The van der Waals surface area contributed by atoms with Gasteiger partial charge in [-0.3, -0.25) is 4.90 Å². The van der Waals surface area contributed by atoms with Crippen molar-refractivity contribution in [2.45, 2.75) is 20.4 Å². The number of ether oxygens (including phenoxy) is 1. The molecule has 0 unspecified atom stereocenters. The normalized spacial score (nSPS) is 11.2. The summed E-state index contributed by atoms with van der Waals surface area (Å²) in [5.74, 6) is -0.281. The molecule has 0 spiro atoms. The fourth-order valence-corrected chi connectivity index (χ4v) is 1.88. The molecule has 0 aromatic heterocycles. The zero-order valence-electron chi connectivity index (χ0n) is 11.7. The lowest BCUT2D eigenvalue weighted by atomic mass is 10.1. The van der Waals surface area contributed by atoms with Crippen LogP contribution in [0.1, 0.15) is 25.0 Å². The Labute approximate surface area is 114 Å². The quantitative estimate of drug-likeness (QED) is 0.768. The van der Waals surface area contributed by atoms with Crippen molar-refractivity contribution in [2.24, 2.45) is 0 Å². The van der Waals surface area contributed by atoms with Gasteiger partial charge in [0.05, 0.1) is 7.11 Å². The Kier molecular flexibility index (Phi) is 6.09. The van der Waals surface area contributed by atoms with Crippen molar-refractivity contribution in [3.63, 3.8) is 0 Å². The van der Waals surface area contributed by atoms with Crippen LogP contribution in [0.3, 0.4) is 0 Å². The molecule has 0 amide bonds. The summed E-state index contributed by atoms with van der Waals surface area (Å²) in [5.41, 5.74) is 1.93. The maximum Gasteiger partial charge on any atom is 0.328 e. The van der Waals surface area contributed by atoms with Crippen molar-refractivity contribution in [3.8, 4) is 5.75 Å². The van der Waals surface area contributed by atoms with E-state index in [4.69, 9.17) is 9.84 Å². The Hall–Kier alpha value is -1.81. The fraction of sp³-hybridized carbons (Fsp3) is 0.400. The molecule has 104 valence electrons. The van der Waals surface area contributed by atoms with Crippen LogP contribution in [0.25, 0.3) is 6.08 Å². The van der Waals surface area contributed by atoms with Gasteiger partial charge in [-0.1, -0.05) is 19.9 Å². The van der Waals surface area contributed by atoms with Crippen LogP contribution >= 0.6 is 0 Å². The van der Waals surface area contributed by atoms with Gasteiger partial charge in [0.1, 0.15) is 5.75 Å². The van der Waals surface area contributed by atoms with Gasteiger partial charge in [0.15, 0.2) is 0 Å². The number of carboxylic acid groups (broad SMARTS) is 1. The third-order valence-corrected chi connectivity index (χ3v) is 3.00. The second-order valence-electron chi connectivity index (χ2n) is 4.21. The molecular formula is C15H21NO3. The van der Waals surface area contributed by atoms with E-state index in [-0.39, 0.29) is 0 Å². The second kappa shape index (κ2) is 7.59. The summed E-state index contributed by atoms with van der Waals surface area (Å²) in [6, 6.07) is 5.85. The number of carboxylic acids is 1. The highest BCUT2D eigenvalue weighted by Crippen LogP contribution is 2.22. The molecule has 1 aromatic rings. The van der Waals surface area contributed by atoms with Crippen LogP contribution in [0.2, 0.25) is 0 Å². The Balaban J connectivity index is 2.97. The average molecular weight is 263 g/mol. The SMILES string of the molecule is CCN(CC)Cc1ccc(OC)c(/C=C/C(=O)O)c1. The molecule has 0 heterocycles. The number of aliphatic carboxylic acids is 1. The van der Waals surface area contributed by atoms with E-state index in [1.165, 1.54) is 0 Å². The van der Waals surface area contributed by atoms with Crippen molar-refractivity contribution in [2.75, 3.05) is 20.2 Å². The molecule has 0 aliphatic carbocycles. The number of hydrogen-bond donors (Lipinski definition) is 1. The minimum atomic E-state index is -0.962. The maximum atomic E-state index is 10.6. The third-order valence-electron chi connectivity index (χ3n) is 3.00. The van der Waals surface area contributed by atoms with Gasteiger partial charge in [-0.25, -0.2) is 4.79 Å². The first kappa shape index (κ1) is 15.2. The summed E-state index contributed by atoms with van der Waals surface area (Å²) in [6.45, 7) is 7.08. The molecule has 1 aromatic carbocycles. The van der Waals surface area contributed by atoms with Gasteiger partial charge in [-0.05, 0) is 36.9 Å². The zero-order chi connectivity index (χ0) is 14.3. The molecule has 0 fully saturated rings. The van der Waals surface area contributed by atoms with Crippen molar-refractivity contribution in [1.29, 1.82) is 0 Å². The molecule has 0 radical (unpaired) electrons. The van der Waals surface area contributed by atoms with Gasteiger partial charge in [0.25, 0.3) is 0 Å². The predicted molar refractivity (Wildman–Crippen MR) is 76.3 cm³/mol. The molecule has 0 atom stereocenters. The highest BCUT2D eigenvalue weighted by atomic mass is 16.5. The van der Waals surface area contributed by atoms with Crippen LogP contribution in [0.15, 0.2) is 24.3 Å². The molecule has 0 aliphatic heterocycles. The topological polar surface area (TPSA) is 49.8 Å². The maximum absolute atomic E-state index is 10.6. The summed E-state index contributed by atoms with van der Waals surface area (Å²) in [5, 5.41) is 8.69. The van der Waals surface area contributed by atoms with Crippen LogP contribution in [-0.2, 0) is 11.3 Å². The minimum Gasteiger partial charge on any atom is -0.496 e. The van der Waals surface area contributed by atoms with E-state index < -0.39 is 5.97 Å². The van der Waals surface area contributed by atoms with E-state index in [0.29, 0.717) is 5.75 Å². The number of benzene rings is 1. The molecule has 4 heteroatoms. The van der Waals surface area contributed by atoms with Gasteiger partial charge in [0.2, 0.25) is 0 Å². The van der Waals surface area contributed by atoms with E-state index in [2.05, 4.69) is 18.7 Å². The number of nitrogens with zero attached hydrogens (tertiary/aromatic N) is 1. The average Bonchev–Trinajstić information content (AvgIpc) is 2.42. The van der Waals surface area contributed by atoms with E-state index in [1.54, 1.807) is 13.2 Å². The first-order valence-corrected chi connectivity index (χ1v) is 6.41.